The summed E-state index contributed by atoms with van der Waals surface area (Å²) in [5.74, 6) is 1.01. The van der Waals surface area contributed by atoms with Gasteiger partial charge in [-0.05, 0) is 30.9 Å². The van der Waals surface area contributed by atoms with Gasteiger partial charge in [0, 0.05) is 12.8 Å². The topological polar surface area (TPSA) is 24.4 Å². The Bertz CT molecular complexity index is 259. The average Bonchev–Trinajstić information content (AvgIpc) is 2.46. The maximum atomic E-state index is 4.43. The number of hydrogen-bond donors (Lipinski definition) is 1. The minimum absolute atomic E-state index is 1.01. The smallest absolute Gasteiger partial charge is 0.126 e. The van der Waals surface area contributed by atoms with Gasteiger partial charge >= 0.3 is 0 Å². The third kappa shape index (κ3) is 1.09. The molecule has 0 saturated carbocycles. The maximum absolute atomic E-state index is 4.43. The zero-order chi connectivity index (χ0) is 7.68. The van der Waals surface area contributed by atoms with Crippen LogP contribution in [0.2, 0.25) is 0 Å². The van der Waals surface area contributed by atoms with Crippen molar-refractivity contribution in [1.82, 2.24) is 5.32 Å². The Morgan fingerprint density at radius 3 is 3.18 bits per heavy atom. The predicted octanol–water partition coefficient (Wildman–Crippen LogP) is 1.61. The summed E-state index contributed by atoms with van der Waals surface area (Å²) < 4.78 is 0. The number of fused-ring (bicyclic) bond motifs is 1. The second-order valence-electron chi connectivity index (χ2n) is 2.89. The van der Waals surface area contributed by atoms with Crippen LogP contribution < -0.4 is 5.32 Å². The van der Waals surface area contributed by atoms with Crippen LogP contribution in [0.25, 0.3) is 0 Å². The Kier molecular flexibility index (Phi) is 1.53. The van der Waals surface area contributed by atoms with Gasteiger partial charge in [0.2, 0.25) is 0 Å². The Balaban J connectivity index is 2.30. The van der Waals surface area contributed by atoms with Crippen LogP contribution in [-0.2, 0) is 0 Å². The fourth-order valence-corrected chi connectivity index (χ4v) is 1.50. The normalized spacial score (nSPS) is 21.7. The van der Waals surface area contributed by atoms with E-state index in [4.69, 9.17) is 0 Å². The van der Waals surface area contributed by atoms with Crippen molar-refractivity contribution in [3.05, 3.63) is 23.5 Å². The summed E-state index contributed by atoms with van der Waals surface area (Å²) in [7, 11) is 1.91. The molecule has 0 aromatic heterocycles. The molecule has 0 amide bonds. The SMILES string of the molecule is CNC1=CC2=CCCCC2=N1. The molecule has 2 rings (SSSR count). The molecule has 0 saturated heterocycles. The molecule has 0 atom stereocenters. The van der Waals surface area contributed by atoms with E-state index in [0.717, 1.165) is 12.2 Å². The van der Waals surface area contributed by atoms with Crippen molar-refractivity contribution < 1.29 is 0 Å². The zero-order valence-electron chi connectivity index (χ0n) is 6.72. The van der Waals surface area contributed by atoms with Crippen LogP contribution in [0.4, 0.5) is 0 Å². The fourth-order valence-electron chi connectivity index (χ4n) is 1.50. The highest BCUT2D eigenvalue weighted by atomic mass is 15.0. The molecular formula is C9H12N2. The number of hydrogen-bond acceptors (Lipinski definition) is 2. The van der Waals surface area contributed by atoms with Crippen LogP contribution >= 0.6 is 0 Å². The average molecular weight is 148 g/mol. The Morgan fingerprint density at radius 1 is 1.55 bits per heavy atom. The molecule has 0 aromatic rings. The summed E-state index contributed by atoms with van der Waals surface area (Å²) in [4.78, 5) is 4.43. The van der Waals surface area contributed by atoms with E-state index in [1.807, 2.05) is 7.05 Å². The van der Waals surface area contributed by atoms with Gasteiger partial charge in [0.25, 0.3) is 0 Å². The van der Waals surface area contributed by atoms with Crippen molar-refractivity contribution in [2.24, 2.45) is 4.99 Å². The van der Waals surface area contributed by atoms with Crippen molar-refractivity contribution in [2.45, 2.75) is 19.3 Å². The second kappa shape index (κ2) is 2.53. The molecule has 0 aromatic carbocycles. The Hall–Kier alpha value is -1.05. The van der Waals surface area contributed by atoms with E-state index in [-0.39, 0.29) is 0 Å². The third-order valence-electron chi connectivity index (χ3n) is 2.12. The van der Waals surface area contributed by atoms with E-state index >= 15 is 0 Å². The lowest BCUT2D eigenvalue weighted by atomic mass is 9.99. The molecule has 0 fully saturated rings. The largest absolute Gasteiger partial charge is 0.373 e. The van der Waals surface area contributed by atoms with Crippen LogP contribution in [-0.4, -0.2) is 12.8 Å². The van der Waals surface area contributed by atoms with Crippen LogP contribution in [0.15, 0.2) is 28.5 Å². The summed E-state index contributed by atoms with van der Waals surface area (Å²) in [6.45, 7) is 0. The lowest BCUT2D eigenvalue weighted by molar-refractivity contribution is 0.872. The van der Waals surface area contributed by atoms with Gasteiger partial charge in [-0.25, -0.2) is 4.99 Å². The molecule has 0 spiro atoms. The second-order valence-corrected chi connectivity index (χ2v) is 2.89. The standard InChI is InChI=1S/C9H12N2/c1-10-9-6-7-4-2-3-5-8(7)11-9/h4,6,10H,2-3,5H2,1H3. The minimum Gasteiger partial charge on any atom is -0.373 e. The predicted molar refractivity (Wildman–Crippen MR) is 46.5 cm³/mol. The van der Waals surface area contributed by atoms with Crippen molar-refractivity contribution >= 4 is 5.71 Å². The first-order valence-corrected chi connectivity index (χ1v) is 4.08. The third-order valence-corrected chi connectivity index (χ3v) is 2.12. The van der Waals surface area contributed by atoms with Gasteiger partial charge in [-0.2, -0.15) is 0 Å². The number of aliphatic imine (C=N–C) groups is 1. The summed E-state index contributed by atoms with van der Waals surface area (Å²) in [5, 5.41) is 3.05. The first-order chi connectivity index (χ1) is 5.40. The highest BCUT2D eigenvalue weighted by molar-refractivity contribution is 6.05. The van der Waals surface area contributed by atoms with Crippen molar-refractivity contribution in [3.63, 3.8) is 0 Å². The lowest BCUT2D eigenvalue weighted by Gasteiger charge is -2.06. The number of nitrogens with one attached hydrogen (secondary N) is 1. The molecule has 2 nitrogen and oxygen atoms in total. The summed E-state index contributed by atoms with van der Waals surface area (Å²) in [6.07, 6.45) is 8.00. The van der Waals surface area contributed by atoms with Gasteiger partial charge in [0.15, 0.2) is 0 Å². The molecule has 58 valence electrons. The van der Waals surface area contributed by atoms with Gasteiger partial charge in [-0.3, -0.25) is 0 Å². The molecule has 0 bridgehead atoms. The molecule has 1 aliphatic heterocycles. The van der Waals surface area contributed by atoms with E-state index in [1.165, 1.54) is 24.1 Å². The molecule has 1 aliphatic carbocycles. The molecule has 1 N–H and O–H groups in total. The van der Waals surface area contributed by atoms with Gasteiger partial charge in [-0.15, -0.1) is 0 Å². The molecule has 2 aliphatic rings. The Morgan fingerprint density at radius 2 is 2.45 bits per heavy atom. The lowest BCUT2D eigenvalue weighted by Crippen LogP contribution is -2.02. The summed E-state index contributed by atoms with van der Waals surface area (Å²) in [5.41, 5.74) is 2.60. The van der Waals surface area contributed by atoms with Gasteiger partial charge in [0.05, 0.1) is 0 Å². The monoisotopic (exact) mass is 148 g/mol. The molecular weight excluding hydrogens is 136 g/mol. The fraction of sp³-hybridized carbons (Fsp3) is 0.444. The van der Waals surface area contributed by atoms with Crippen LogP contribution in [0.1, 0.15) is 19.3 Å². The number of nitrogens with zero attached hydrogens (tertiary/aromatic N) is 1. The minimum atomic E-state index is 1.01. The number of allylic oxidation sites excluding steroid dienone is 3. The van der Waals surface area contributed by atoms with E-state index in [1.54, 1.807) is 0 Å². The summed E-state index contributed by atoms with van der Waals surface area (Å²) >= 11 is 0. The molecule has 0 unspecified atom stereocenters. The van der Waals surface area contributed by atoms with Crippen LogP contribution in [0.3, 0.4) is 0 Å². The van der Waals surface area contributed by atoms with E-state index in [2.05, 4.69) is 22.5 Å². The van der Waals surface area contributed by atoms with E-state index in [0.29, 0.717) is 0 Å². The Labute approximate surface area is 66.7 Å². The van der Waals surface area contributed by atoms with E-state index < -0.39 is 0 Å². The van der Waals surface area contributed by atoms with Gasteiger partial charge < -0.3 is 5.32 Å². The first kappa shape index (κ1) is 6.65. The van der Waals surface area contributed by atoms with Gasteiger partial charge in [0.1, 0.15) is 5.82 Å². The van der Waals surface area contributed by atoms with Crippen LogP contribution in [0, 0.1) is 0 Å². The summed E-state index contributed by atoms with van der Waals surface area (Å²) in [6, 6.07) is 0. The van der Waals surface area contributed by atoms with E-state index in [9.17, 15) is 0 Å². The first-order valence-electron chi connectivity index (χ1n) is 4.08. The highest BCUT2D eigenvalue weighted by Crippen LogP contribution is 2.23. The molecule has 1 heterocycles. The van der Waals surface area contributed by atoms with Crippen molar-refractivity contribution in [1.29, 1.82) is 0 Å². The highest BCUT2D eigenvalue weighted by Gasteiger charge is 2.15. The molecule has 11 heavy (non-hydrogen) atoms. The molecule has 0 radical (unpaired) electrons. The maximum Gasteiger partial charge on any atom is 0.126 e. The zero-order valence-corrected chi connectivity index (χ0v) is 6.72. The quantitative estimate of drug-likeness (QED) is 0.600. The number of rotatable bonds is 1. The van der Waals surface area contributed by atoms with Crippen molar-refractivity contribution in [2.75, 3.05) is 7.05 Å². The van der Waals surface area contributed by atoms with Crippen LogP contribution in [0.5, 0.6) is 0 Å². The van der Waals surface area contributed by atoms with Gasteiger partial charge in [-0.1, -0.05) is 6.08 Å². The van der Waals surface area contributed by atoms with Crippen molar-refractivity contribution in [3.8, 4) is 0 Å². The molecule has 2 heteroatoms.